The first kappa shape index (κ1) is 12.7. The van der Waals surface area contributed by atoms with Gasteiger partial charge >= 0.3 is 5.97 Å². The number of hydrogen-bond acceptors (Lipinski definition) is 5. The van der Waals surface area contributed by atoms with Crippen LogP contribution in [0.2, 0.25) is 0 Å². The third-order valence-electron chi connectivity index (χ3n) is 2.53. The summed E-state index contributed by atoms with van der Waals surface area (Å²) in [6.45, 7) is 5.52. The molecule has 2 heterocycles. The summed E-state index contributed by atoms with van der Waals surface area (Å²) in [6, 6.07) is 3.71. The largest absolute Gasteiger partial charge is 0.453 e. The third-order valence-corrected chi connectivity index (χ3v) is 3.58. The molecule has 0 amide bonds. The molecule has 5 heteroatoms. The zero-order chi connectivity index (χ0) is 13.1. The van der Waals surface area contributed by atoms with Gasteiger partial charge in [0.2, 0.25) is 0 Å². The average Bonchev–Trinajstić information content (AvgIpc) is 2.69. The van der Waals surface area contributed by atoms with Gasteiger partial charge in [-0.25, -0.2) is 9.78 Å². The van der Waals surface area contributed by atoms with Gasteiger partial charge in [0.05, 0.1) is 10.7 Å². The van der Waals surface area contributed by atoms with Gasteiger partial charge in [0.15, 0.2) is 0 Å². The third kappa shape index (κ3) is 2.73. The minimum atomic E-state index is -0.325. The molecule has 0 saturated heterocycles. The van der Waals surface area contributed by atoms with Crippen LogP contribution in [-0.4, -0.2) is 15.9 Å². The lowest BCUT2D eigenvalue weighted by Crippen LogP contribution is -2.09. The molecule has 18 heavy (non-hydrogen) atoms. The average molecular weight is 262 g/mol. The van der Waals surface area contributed by atoms with E-state index in [-0.39, 0.29) is 12.1 Å². The molecular weight excluding hydrogens is 248 g/mol. The van der Waals surface area contributed by atoms with E-state index >= 15 is 0 Å². The van der Waals surface area contributed by atoms with E-state index in [0.29, 0.717) is 4.88 Å². The van der Waals surface area contributed by atoms with Crippen molar-refractivity contribution in [2.24, 2.45) is 0 Å². The quantitative estimate of drug-likeness (QED) is 0.798. The zero-order valence-electron chi connectivity index (χ0n) is 10.5. The lowest BCUT2D eigenvalue weighted by molar-refractivity contribution is 0.0342. The summed E-state index contributed by atoms with van der Waals surface area (Å²) >= 11 is 1.36. The summed E-state index contributed by atoms with van der Waals surface area (Å²) in [7, 11) is 0. The van der Waals surface area contributed by atoms with E-state index in [9.17, 15) is 4.79 Å². The molecule has 0 aliphatic carbocycles. The topological polar surface area (TPSA) is 52.1 Å². The monoisotopic (exact) mass is 262 g/mol. The molecule has 2 rings (SSSR count). The number of carbonyl (C=O) groups is 1. The zero-order valence-corrected chi connectivity index (χ0v) is 11.3. The number of rotatable bonds is 3. The molecule has 0 aromatic carbocycles. The number of hydrogen-bond donors (Lipinski definition) is 0. The molecule has 0 N–H and O–H groups in total. The van der Waals surface area contributed by atoms with Crippen molar-refractivity contribution in [1.82, 2.24) is 9.97 Å². The molecule has 0 spiro atoms. The van der Waals surface area contributed by atoms with Crippen molar-refractivity contribution in [3.05, 3.63) is 45.7 Å². The maximum absolute atomic E-state index is 12.0. The van der Waals surface area contributed by atoms with Gasteiger partial charge in [-0.3, -0.25) is 4.98 Å². The predicted molar refractivity (Wildman–Crippen MR) is 69.7 cm³/mol. The van der Waals surface area contributed by atoms with E-state index in [2.05, 4.69) is 9.97 Å². The fourth-order valence-electron chi connectivity index (χ4n) is 1.62. The van der Waals surface area contributed by atoms with E-state index in [1.54, 1.807) is 12.4 Å². The van der Waals surface area contributed by atoms with Gasteiger partial charge in [-0.15, -0.1) is 11.3 Å². The lowest BCUT2D eigenvalue weighted by atomic mass is 10.2. The number of pyridine rings is 1. The van der Waals surface area contributed by atoms with Crippen LogP contribution in [0.15, 0.2) is 24.5 Å². The second-order valence-electron chi connectivity index (χ2n) is 3.98. The fraction of sp³-hybridized carbons (Fsp3) is 0.308. The highest BCUT2D eigenvalue weighted by molar-refractivity contribution is 7.13. The van der Waals surface area contributed by atoms with Crippen LogP contribution >= 0.6 is 11.3 Å². The van der Waals surface area contributed by atoms with Crippen LogP contribution in [0.1, 0.15) is 39.0 Å². The van der Waals surface area contributed by atoms with Gasteiger partial charge in [-0.2, -0.15) is 0 Å². The normalized spacial score (nSPS) is 12.2. The molecule has 0 fully saturated rings. The minimum absolute atomic E-state index is 0.312. The molecular formula is C13H14N2O2S. The van der Waals surface area contributed by atoms with Crippen LogP contribution in [0.25, 0.3) is 0 Å². The minimum Gasteiger partial charge on any atom is -0.453 e. The Kier molecular flexibility index (Phi) is 3.72. The second-order valence-corrected chi connectivity index (χ2v) is 5.18. The van der Waals surface area contributed by atoms with Gasteiger partial charge in [0.25, 0.3) is 0 Å². The first-order valence-electron chi connectivity index (χ1n) is 5.63. The molecule has 0 aliphatic heterocycles. The highest BCUT2D eigenvalue weighted by Crippen LogP contribution is 2.22. The number of esters is 1. The van der Waals surface area contributed by atoms with Crippen molar-refractivity contribution < 1.29 is 9.53 Å². The maximum atomic E-state index is 12.0. The number of nitrogens with zero attached hydrogens (tertiary/aromatic N) is 2. The number of aromatic nitrogens is 2. The molecule has 1 atom stereocenters. The highest BCUT2D eigenvalue weighted by atomic mass is 32.1. The molecule has 0 saturated carbocycles. The van der Waals surface area contributed by atoms with Gasteiger partial charge in [0, 0.05) is 18.0 Å². The summed E-state index contributed by atoms with van der Waals surface area (Å²) in [6.07, 6.45) is 3.07. The molecule has 0 radical (unpaired) electrons. The smallest absolute Gasteiger partial charge is 0.350 e. The summed E-state index contributed by atoms with van der Waals surface area (Å²) in [4.78, 5) is 20.8. The van der Waals surface area contributed by atoms with Crippen LogP contribution < -0.4 is 0 Å². The van der Waals surface area contributed by atoms with Crippen molar-refractivity contribution in [2.75, 3.05) is 0 Å². The van der Waals surface area contributed by atoms with Gasteiger partial charge in [0.1, 0.15) is 11.0 Å². The Morgan fingerprint density at radius 2 is 2.22 bits per heavy atom. The Morgan fingerprint density at radius 3 is 2.78 bits per heavy atom. The second kappa shape index (κ2) is 5.27. The van der Waals surface area contributed by atoms with Crippen LogP contribution in [-0.2, 0) is 4.74 Å². The van der Waals surface area contributed by atoms with Gasteiger partial charge in [-0.05, 0) is 26.8 Å². The van der Waals surface area contributed by atoms with E-state index in [4.69, 9.17) is 4.74 Å². The van der Waals surface area contributed by atoms with Crippen LogP contribution in [0, 0.1) is 13.8 Å². The summed E-state index contributed by atoms with van der Waals surface area (Å²) in [5.41, 5.74) is 1.60. The van der Waals surface area contributed by atoms with Crippen LogP contribution in [0.5, 0.6) is 0 Å². The van der Waals surface area contributed by atoms with Crippen LogP contribution in [0.3, 0.4) is 0 Å². The molecule has 2 aromatic heterocycles. The van der Waals surface area contributed by atoms with Gasteiger partial charge < -0.3 is 4.74 Å². The Labute approximate surface area is 110 Å². The number of ether oxygens (including phenoxy) is 1. The maximum Gasteiger partial charge on any atom is 0.350 e. The Morgan fingerprint density at radius 1 is 1.44 bits per heavy atom. The summed E-state index contributed by atoms with van der Waals surface area (Å²) < 4.78 is 5.41. The molecule has 94 valence electrons. The number of thiazole rings is 1. The molecule has 0 bridgehead atoms. The van der Waals surface area contributed by atoms with Crippen molar-refractivity contribution in [1.29, 1.82) is 0 Å². The van der Waals surface area contributed by atoms with Crippen molar-refractivity contribution in [3.63, 3.8) is 0 Å². The Balaban J connectivity index is 2.10. The molecule has 0 aliphatic rings. The molecule has 0 unspecified atom stereocenters. The Bertz CT molecular complexity index is 551. The Hall–Kier alpha value is -1.75. The number of aryl methyl sites for hydroxylation is 2. The van der Waals surface area contributed by atoms with Gasteiger partial charge in [-0.1, -0.05) is 6.07 Å². The predicted octanol–water partition coefficient (Wildman–Crippen LogP) is 3.07. The summed E-state index contributed by atoms with van der Waals surface area (Å²) in [5, 5.41) is 0.869. The number of carbonyl (C=O) groups excluding carboxylic acids is 1. The lowest BCUT2D eigenvalue weighted by Gasteiger charge is -2.12. The standard InChI is InChI=1S/C13H14N2O2S/c1-8-12(18-10(3)15-8)13(16)17-9(2)11-5-4-6-14-7-11/h4-7,9H,1-3H3/t9-/m0/s1. The van der Waals surface area contributed by atoms with Crippen molar-refractivity contribution >= 4 is 17.3 Å². The van der Waals surface area contributed by atoms with E-state index in [1.807, 2.05) is 32.9 Å². The van der Waals surface area contributed by atoms with E-state index in [0.717, 1.165) is 16.3 Å². The first-order chi connectivity index (χ1) is 8.58. The first-order valence-corrected chi connectivity index (χ1v) is 6.44. The highest BCUT2D eigenvalue weighted by Gasteiger charge is 2.18. The van der Waals surface area contributed by atoms with Crippen molar-refractivity contribution in [3.8, 4) is 0 Å². The van der Waals surface area contributed by atoms with E-state index < -0.39 is 0 Å². The molecule has 4 nitrogen and oxygen atoms in total. The van der Waals surface area contributed by atoms with Crippen LogP contribution in [0.4, 0.5) is 0 Å². The fourth-order valence-corrected chi connectivity index (χ4v) is 2.42. The summed E-state index contributed by atoms with van der Waals surface area (Å²) in [5.74, 6) is -0.325. The molecule has 2 aromatic rings. The SMILES string of the molecule is Cc1nc(C)c(C(=O)O[C@@H](C)c2cccnc2)s1. The van der Waals surface area contributed by atoms with E-state index in [1.165, 1.54) is 11.3 Å². The van der Waals surface area contributed by atoms with Crippen molar-refractivity contribution in [2.45, 2.75) is 26.9 Å².